The topological polar surface area (TPSA) is 20.2 Å². The van der Waals surface area contributed by atoms with Crippen molar-refractivity contribution >= 4 is 0 Å². The summed E-state index contributed by atoms with van der Waals surface area (Å²) in [5.74, 6) is 0.883. The molecule has 0 radical (unpaired) electrons. The molecule has 0 amide bonds. The monoisotopic (exact) mass is 158 g/mol. The molecule has 0 aromatic carbocycles. The number of hydrogen-bond donors (Lipinski definition) is 1. The van der Waals surface area contributed by atoms with Crippen molar-refractivity contribution in [3.63, 3.8) is 0 Å². The van der Waals surface area contributed by atoms with Gasteiger partial charge in [-0.1, -0.05) is 39.5 Å². The number of aliphatic hydroxyl groups is 1. The fraction of sp³-hybridized carbons (Fsp3) is 1.00. The van der Waals surface area contributed by atoms with Gasteiger partial charge < -0.3 is 5.11 Å². The van der Waals surface area contributed by atoms with Crippen molar-refractivity contribution in [2.75, 3.05) is 0 Å². The van der Waals surface area contributed by atoms with Gasteiger partial charge in [-0.05, 0) is 19.3 Å². The maximum Gasteiger partial charge on any atom is 0.0512 e. The van der Waals surface area contributed by atoms with E-state index in [0.29, 0.717) is 0 Å². The highest BCUT2D eigenvalue weighted by atomic mass is 16.3. The first kappa shape index (κ1) is 11.0. The van der Waals surface area contributed by atoms with Crippen LogP contribution < -0.4 is 0 Å². The standard InChI is InChI=1S/C10H22O/c1-4-10(5-2)8-6-7-9(3)11/h9-11H,4-8H2,1-3H3. The zero-order chi connectivity index (χ0) is 8.69. The Morgan fingerprint density at radius 1 is 1.09 bits per heavy atom. The molecule has 0 rings (SSSR count). The Morgan fingerprint density at radius 3 is 2.00 bits per heavy atom. The van der Waals surface area contributed by atoms with E-state index < -0.39 is 0 Å². The van der Waals surface area contributed by atoms with Crippen LogP contribution in [-0.4, -0.2) is 11.2 Å². The van der Waals surface area contributed by atoms with Crippen molar-refractivity contribution in [3.05, 3.63) is 0 Å². The van der Waals surface area contributed by atoms with Crippen LogP contribution in [0.2, 0.25) is 0 Å². The summed E-state index contributed by atoms with van der Waals surface area (Å²) in [5.41, 5.74) is 0. The van der Waals surface area contributed by atoms with E-state index in [-0.39, 0.29) is 6.10 Å². The number of hydrogen-bond acceptors (Lipinski definition) is 1. The smallest absolute Gasteiger partial charge is 0.0512 e. The molecular formula is C10H22O. The first-order valence-electron chi connectivity index (χ1n) is 4.88. The molecule has 68 valence electrons. The first-order valence-corrected chi connectivity index (χ1v) is 4.88. The summed E-state index contributed by atoms with van der Waals surface area (Å²) >= 11 is 0. The van der Waals surface area contributed by atoms with E-state index in [1.807, 2.05) is 6.92 Å². The summed E-state index contributed by atoms with van der Waals surface area (Å²) in [6, 6.07) is 0. The molecule has 0 saturated carbocycles. The Balaban J connectivity index is 3.21. The van der Waals surface area contributed by atoms with Gasteiger partial charge in [0.25, 0.3) is 0 Å². The van der Waals surface area contributed by atoms with Crippen LogP contribution in [0.25, 0.3) is 0 Å². The van der Waals surface area contributed by atoms with Gasteiger partial charge in [-0.25, -0.2) is 0 Å². The van der Waals surface area contributed by atoms with Gasteiger partial charge >= 0.3 is 0 Å². The zero-order valence-corrected chi connectivity index (χ0v) is 8.14. The fourth-order valence-electron chi connectivity index (χ4n) is 1.40. The molecule has 0 aliphatic carbocycles. The van der Waals surface area contributed by atoms with Gasteiger partial charge in [0.05, 0.1) is 6.10 Å². The van der Waals surface area contributed by atoms with Crippen molar-refractivity contribution in [1.82, 2.24) is 0 Å². The third-order valence-corrected chi connectivity index (χ3v) is 2.39. The van der Waals surface area contributed by atoms with E-state index in [0.717, 1.165) is 12.3 Å². The van der Waals surface area contributed by atoms with Crippen LogP contribution in [0.1, 0.15) is 52.9 Å². The highest BCUT2D eigenvalue weighted by Gasteiger charge is 2.03. The lowest BCUT2D eigenvalue weighted by molar-refractivity contribution is 0.177. The summed E-state index contributed by atoms with van der Waals surface area (Å²) in [6.07, 6.45) is 5.91. The lowest BCUT2D eigenvalue weighted by Crippen LogP contribution is -2.02. The van der Waals surface area contributed by atoms with E-state index >= 15 is 0 Å². The van der Waals surface area contributed by atoms with Crippen LogP contribution in [0.4, 0.5) is 0 Å². The molecule has 1 unspecified atom stereocenters. The third-order valence-electron chi connectivity index (χ3n) is 2.39. The molecule has 1 N–H and O–H groups in total. The molecule has 0 aromatic heterocycles. The fourth-order valence-corrected chi connectivity index (χ4v) is 1.40. The molecule has 1 heteroatoms. The van der Waals surface area contributed by atoms with Gasteiger partial charge in [0.15, 0.2) is 0 Å². The van der Waals surface area contributed by atoms with Crippen molar-refractivity contribution in [2.45, 2.75) is 59.0 Å². The summed E-state index contributed by atoms with van der Waals surface area (Å²) in [5, 5.41) is 9.01. The maximum absolute atomic E-state index is 9.01. The SMILES string of the molecule is CCC(CC)CCCC(C)O. The largest absolute Gasteiger partial charge is 0.393 e. The van der Waals surface area contributed by atoms with Gasteiger partial charge in [0, 0.05) is 0 Å². The highest BCUT2D eigenvalue weighted by molar-refractivity contribution is 4.56. The molecule has 0 aliphatic rings. The van der Waals surface area contributed by atoms with E-state index in [9.17, 15) is 0 Å². The van der Waals surface area contributed by atoms with Crippen LogP contribution in [0.15, 0.2) is 0 Å². The maximum atomic E-state index is 9.01. The van der Waals surface area contributed by atoms with Crippen LogP contribution in [0.5, 0.6) is 0 Å². The number of aliphatic hydroxyl groups excluding tert-OH is 1. The van der Waals surface area contributed by atoms with Crippen molar-refractivity contribution in [3.8, 4) is 0 Å². The van der Waals surface area contributed by atoms with Crippen LogP contribution >= 0.6 is 0 Å². The molecule has 0 bridgehead atoms. The number of rotatable bonds is 6. The summed E-state index contributed by atoms with van der Waals surface area (Å²) in [7, 11) is 0. The normalized spacial score (nSPS) is 13.9. The first-order chi connectivity index (χ1) is 5.20. The second kappa shape index (κ2) is 6.66. The molecule has 0 spiro atoms. The van der Waals surface area contributed by atoms with Crippen LogP contribution in [0.3, 0.4) is 0 Å². The Hall–Kier alpha value is -0.0400. The Morgan fingerprint density at radius 2 is 1.64 bits per heavy atom. The zero-order valence-electron chi connectivity index (χ0n) is 8.14. The van der Waals surface area contributed by atoms with Gasteiger partial charge in [0.1, 0.15) is 0 Å². The quantitative estimate of drug-likeness (QED) is 0.630. The Labute approximate surface area is 70.8 Å². The van der Waals surface area contributed by atoms with Crippen LogP contribution in [-0.2, 0) is 0 Å². The predicted molar refractivity (Wildman–Crippen MR) is 49.6 cm³/mol. The molecule has 0 aliphatic heterocycles. The predicted octanol–water partition coefficient (Wildman–Crippen LogP) is 2.97. The molecular weight excluding hydrogens is 136 g/mol. The minimum atomic E-state index is -0.107. The minimum absolute atomic E-state index is 0.107. The average molecular weight is 158 g/mol. The molecule has 0 aromatic rings. The molecule has 0 heterocycles. The Kier molecular flexibility index (Phi) is 6.63. The molecule has 1 atom stereocenters. The van der Waals surface area contributed by atoms with Gasteiger partial charge in [-0.2, -0.15) is 0 Å². The van der Waals surface area contributed by atoms with E-state index in [4.69, 9.17) is 5.11 Å². The highest BCUT2D eigenvalue weighted by Crippen LogP contribution is 2.16. The summed E-state index contributed by atoms with van der Waals surface area (Å²) in [4.78, 5) is 0. The van der Waals surface area contributed by atoms with Gasteiger partial charge in [-0.3, -0.25) is 0 Å². The van der Waals surface area contributed by atoms with Gasteiger partial charge in [0.2, 0.25) is 0 Å². The van der Waals surface area contributed by atoms with Crippen molar-refractivity contribution < 1.29 is 5.11 Å². The summed E-state index contributed by atoms with van der Waals surface area (Å²) in [6.45, 7) is 6.36. The van der Waals surface area contributed by atoms with E-state index in [1.165, 1.54) is 25.7 Å². The lowest BCUT2D eigenvalue weighted by atomic mass is 9.96. The molecule has 0 fully saturated rings. The van der Waals surface area contributed by atoms with Crippen molar-refractivity contribution in [2.24, 2.45) is 5.92 Å². The summed E-state index contributed by atoms with van der Waals surface area (Å²) < 4.78 is 0. The second-order valence-corrected chi connectivity index (χ2v) is 3.46. The van der Waals surface area contributed by atoms with Gasteiger partial charge in [-0.15, -0.1) is 0 Å². The third kappa shape index (κ3) is 6.36. The van der Waals surface area contributed by atoms with Crippen LogP contribution in [0, 0.1) is 5.92 Å². The molecule has 1 nitrogen and oxygen atoms in total. The van der Waals surface area contributed by atoms with E-state index in [2.05, 4.69) is 13.8 Å². The lowest BCUT2D eigenvalue weighted by Gasteiger charge is -2.11. The molecule has 11 heavy (non-hydrogen) atoms. The second-order valence-electron chi connectivity index (χ2n) is 3.46. The average Bonchev–Trinajstić information content (AvgIpc) is 1.98. The molecule has 0 saturated heterocycles. The minimum Gasteiger partial charge on any atom is -0.393 e. The van der Waals surface area contributed by atoms with Crippen molar-refractivity contribution in [1.29, 1.82) is 0 Å². The van der Waals surface area contributed by atoms with E-state index in [1.54, 1.807) is 0 Å². The Bertz CT molecular complexity index is 74.9.